The van der Waals surface area contributed by atoms with Gasteiger partial charge in [-0.1, -0.05) is 31.2 Å². The fraction of sp³-hybridized carbons (Fsp3) is 0.571. The van der Waals surface area contributed by atoms with Crippen molar-refractivity contribution in [2.24, 2.45) is 5.92 Å². The van der Waals surface area contributed by atoms with E-state index in [1.807, 2.05) is 0 Å². The molecule has 0 saturated carbocycles. The molecule has 0 aromatic heterocycles. The Kier molecular flexibility index (Phi) is 3.97. The molecular formula is C14H21NO. The molecule has 1 aromatic carbocycles. The molecule has 2 nitrogen and oxygen atoms in total. The first-order valence-corrected chi connectivity index (χ1v) is 6.08. The molecule has 0 radical (unpaired) electrons. The third-order valence-electron chi connectivity index (χ3n) is 3.26. The van der Waals surface area contributed by atoms with Gasteiger partial charge in [-0.3, -0.25) is 0 Å². The Morgan fingerprint density at radius 1 is 1.31 bits per heavy atom. The van der Waals surface area contributed by atoms with Crippen molar-refractivity contribution in [3.05, 3.63) is 35.4 Å². The third kappa shape index (κ3) is 2.83. The van der Waals surface area contributed by atoms with E-state index in [1.165, 1.54) is 24.0 Å². The maximum Gasteiger partial charge on any atom is 0.0499 e. The van der Waals surface area contributed by atoms with Crippen molar-refractivity contribution in [1.29, 1.82) is 0 Å². The van der Waals surface area contributed by atoms with Gasteiger partial charge in [-0.2, -0.15) is 0 Å². The predicted octanol–water partition coefficient (Wildman–Crippen LogP) is 2.03. The standard InChI is InChI=1S/C14H21NO/c1-11(10-16-2)9-15-14-7-12-5-3-4-6-13(12)8-14/h3-6,11,14-15H,7-10H2,1-2H3. The second kappa shape index (κ2) is 5.46. The number of hydrogen-bond acceptors (Lipinski definition) is 2. The minimum Gasteiger partial charge on any atom is -0.384 e. The Morgan fingerprint density at radius 3 is 2.50 bits per heavy atom. The van der Waals surface area contributed by atoms with E-state index in [0.29, 0.717) is 12.0 Å². The van der Waals surface area contributed by atoms with E-state index < -0.39 is 0 Å². The van der Waals surface area contributed by atoms with Crippen molar-refractivity contribution in [3.8, 4) is 0 Å². The molecule has 0 fully saturated rings. The Morgan fingerprint density at radius 2 is 1.94 bits per heavy atom. The van der Waals surface area contributed by atoms with Gasteiger partial charge in [-0.25, -0.2) is 0 Å². The predicted molar refractivity (Wildman–Crippen MR) is 66.7 cm³/mol. The Labute approximate surface area is 98.0 Å². The number of hydrogen-bond donors (Lipinski definition) is 1. The summed E-state index contributed by atoms with van der Waals surface area (Å²) in [4.78, 5) is 0. The lowest BCUT2D eigenvalue weighted by Gasteiger charge is -2.16. The molecular weight excluding hydrogens is 198 g/mol. The van der Waals surface area contributed by atoms with Crippen LogP contribution in [0.2, 0.25) is 0 Å². The van der Waals surface area contributed by atoms with Crippen LogP contribution in [0.25, 0.3) is 0 Å². The van der Waals surface area contributed by atoms with Crippen LogP contribution < -0.4 is 5.32 Å². The first-order chi connectivity index (χ1) is 7.79. The van der Waals surface area contributed by atoms with Crippen LogP contribution in [0, 0.1) is 5.92 Å². The van der Waals surface area contributed by atoms with Gasteiger partial charge < -0.3 is 10.1 Å². The molecule has 1 aromatic rings. The lowest BCUT2D eigenvalue weighted by atomic mass is 10.1. The summed E-state index contributed by atoms with van der Waals surface area (Å²) < 4.78 is 5.14. The maximum atomic E-state index is 5.14. The second-order valence-electron chi connectivity index (χ2n) is 4.84. The summed E-state index contributed by atoms with van der Waals surface area (Å²) in [6.07, 6.45) is 2.35. The molecule has 88 valence electrons. The topological polar surface area (TPSA) is 21.3 Å². The van der Waals surface area contributed by atoms with Crippen molar-refractivity contribution >= 4 is 0 Å². The van der Waals surface area contributed by atoms with Crippen LogP contribution in [0.1, 0.15) is 18.1 Å². The minimum absolute atomic E-state index is 0.591. The highest BCUT2D eigenvalue weighted by Crippen LogP contribution is 2.21. The van der Waals surface area contributed by atoms with Crippen LogP contribution in [-0.2, 0) is 17.6 Å². The van der Waals surface area contributed by atoms with Gasteiger partial charge in [0.2, 0.25) is 0 Å². The zero-order chi connectivity index (χ0) is 11.4. The van der Waals surface area contributed by atoms with Crippen LogP contribution >= 0.6 is 0 Å². The summed E-state index contributed by atoms with van der Waals surface area (Å²) in [7, 11) is 1.77. The van der Waals surface area contributed by atoms with Crippen LogP contribution in [0.15, 0.2) is 24.3 Å². The zero-order valence-corrected chi connectivity index (χ0v) is 10.2. The van der Waals surface area contributed by atoms with Gasteiger partial charge in [-0.05, 0) is 29.9 Å². The molecule has 1 unspecified atom stereocenters. The van der Waals surface area contributed by atoms with Crippen LogP contribution in [0.5, 0.6) is 0 Å². The number of rotatable bonds is 5. The average molecular weight is 219 g/mol. The fourth-order valence-electron chi connectivity index (χ4n) is 2.41. The average Bonchev–Trinajstić information content (AvgIpc) is 2.69. The lowest BCUT2D eigenvalue weighted by molar-refractivity contribution is 0.157. The van der Waals surface area contributed by atoms with Crippen LogP contribution in [0.3, 0.4) is 0 Å². The summed E-state index contributed by atoms with van der Waals surface area (Å²) >= 11 is 0. The monoisotopic (exact) mass is 219 g/mol. The van der Waals surface area contributed by atoms with Gasteiger partial charge in [0, 0.05) is 26.3 Å². The first kappa shape index (κ1) is 11.6. The van der Waals surface area contributed by atoms with Crippen molar-refractivity contribution in [2.45, 2.75) is 25.8 Å². The van der Waals surface area contributed by atoms with E-state index in [0.717, 1.165) is 13.2 Å². The molecule has 1 atom stereocenters. The molecule has 16 heavy (non-hydrogen) atoms. The lowest BCUT2D eigenvalue weighted by Crippen LogP contribution is -2.34. The molecule has 1 N–H and O–H groups in total. The van der Waals surface area contributed by atoms with E-state index in [1.54, 1.807) is 7.11 Å². The fourth-order valence-corrected chi connectivity index (χ4v) is 2.41. The molecule has 0 saturated heterocycles. The highest BCUT2D eigenvalue weighted by Gasteiger charge is 2.20. The molecule has 1 aliphatic carbocycles. The molecule has 2 heteroatoms. The van der Waals surface area contributed by atoms with Crippen molar-refractivity contribution in [1.82, 2.24) is 5.32 Å². The van der Waals surface area contributed by atoms with Gasteiger partial charge in [0.05, 0.1) is 0 Å². The first-order valence-electron chi connectivity index (χ1n) is 6.08. The Hall–Kier alpha value is -0.860. The van der Waals surface area contributed by atoms with Crippen LogP contribution in [0.4, 0.5) is 0 Å². The van der Waals surface area contributed by atoms with Gasteiger partial charge >= 0.3 is 0 Å². The molecule has 0 heterocycles. The summed E-state index contributed by atoms with van der Waals surface area (Å²) in [5, 5.41) is 3.63. The van der Waals surface area contributed by atoms with Crippen molar-refractivity contribution < 1.29 is 4.74 Å². The van der Waals surface area contributed by atoms with Crippen LogP contribution in [-0.4, -0.2) is 26.3 Å². The second-order valence-corrected chi connectivity index (χ2v) is 4.84. The number of benzene rings is 1. The van der Waals surface area contributed by atoms with Gasteiger partial charge in [0.15, 0.2) is 0 Å². The maximum absolute atomic E-state index is 5.14. The highest BCUT2D eigenvalue weighted by molar-refractivity contribution is 5.33. The van der Waals surface area contributed by atoms with E-state index in [4.69, 9.17) is 4.74 Å². The zero-order valence-electron chi connectivity index (χ0n) is 10.2. The summed E-state index contributed by atoms with van der Waals surface area (Å²) in [5.74, 6) is 0.591. The molecule has 0 spiro atoms. The van der Waals surface area contributed by atoms with E-state index in [9.17, 15) is 0 Å². The van der Waals surface area contributed by atoms with Crippen molar-refractivity contribution in [2.75, 3.05) is 20.3 Å². The van der Waals surface area contributed by atoms with Gasteiger partial charge in [0.1, 0.15) is 0 Å². The number of ether oxygens (including phenoxy) is 1. The molecule has 0 bridgehead atoms. The molecule has 0 amide bonds. The summed E-state index contributed by atoms with van der Waals surface area (Å²) in [5.41, 5.74) is 3.03. The van der Waals surface area contributed by atoms with Gasteiger partial charge in [0.25, 0.3) is 0 Å². The normalized spacial score (nSPS) is 17.4. The largest absolute Gasteiger partial charge is 0.384 e. The minimum atomic E-state index is 0.591. The highest BCUT2D eigenvalue weighted by atomic mass is 16.5. The Bertz CT molecular complexity index is 312. The van der Waals surface area contributed by atoms with Crippen molar-refractivity contribution in [3.63, 3.8) is 0 Å². The van der Waals surface area contributed by atoms with Gasteiger partial charge in [-0.15, -0.1) is 0 Å². The van der Waals surface area contributed by atoms with E-state index >= 15 is 0 Å². The molecule has 1 aliphatic rings. The number of methoxy groups -OCH3 is 1. The third-order valence-corrected chi connectivity index (χ3v) is 3.26. The number of fused-ring (bicyclic) bond motifs is 1. The number of nitrogens with one attached hydrogen (secondary N) is 1. The molecule has 0 aliphatic heterocycles. The Balaban J connectivity index is 1.79. The quantitative estimate of drug-likeness (QED) is 0.818. The summed E-state index contributed by atoms with van der Waals surface area (Å²) in [6.45, 7) is 4.11. The SMILES string of the molecule is COCC(C)CNC1Cc2ccccc2C1. The van der Waals surface area contributed by atoms with E-state index in [-0.39, 0.29) is 0 Å². The summed E-state index contributed by atoms with van der Waals surface area (Å²) in [6, 6.07) is 9.38. The van der Waals surface area contributed by atoms with E-state index in [2.05, 4.69) is 36.5 Å². The smallest absolute Gasteiger partial charge is 0.0499 e. The molecule has 2 rings (SSSR count).